The van der Waals surface area contributed by atoms with Crippen molar-refractivity contribution in [1.82, 2.24) is 0 Å². The van der Waals surface area contributed by atoms with Crippen LogP contribution in [0.3, 0.4) is 0 Å². The highest BCUT2D eigenvalue weighted by Crippen LogP contribution is 2.36. The molecule has 0 saturated carbocycles. The van der Waals surface area contributed by atoms with Crippen molar-refractivity contribution >= 4 is 27.7 Å². The van der Waals surface area contributed by atoms with Crippen LogP contribution in [0.5, 0.6) is 0 Å². The molecule has 1 nitrogen and oxygen atoms in total. The third-order valence-electron chi connectivity index (χ3n) is 2.29. The second-order valence-electron chi connectivity index (χ2n) is 3.58. The Labute approximate surface area is 116 Å². The van der Waals surface area contributed by atoms with Crippen molar-refractivity contribution < 1.29 is 13.9 Å². The van der Waals surface area contributed by atoms with Crippen molar-refractivity contribution in [2.24, 2.45) is 0 Å². The van der Waals surface area contributed by atoms with Gasteiger partial charge >= 0.3 is 0 Å². The molecule has 0 radical (unpaired) electrons. The molecule has 2 rings (SSSR count). The summed E-state index contributed by atoms with van der Waals surface area (Å²) in [5, 5.41) is 8.86. The van der Waals surface area contributed by atoms with Gasteiger partial charge in [0, 0.05) is 9.37 Å². The molecule has 0 bridgehead atoms. The zero-order valence-corrected chi connectivity index (χ0v) is 11.6. The molecule has 0 saturated heterocycles. The maximum atomic E-state index is 13.7. The third kappa shape index (κ3) is 2.91. The third-order valence-corrected chi connectivity index (χ3v) is 4.41. The fourth-order valence-electron chi connectivity index (χ4n) is 1.44. The molecule has 0 aliphatic heterocycles. The first kappa shape index (κ1) is 13.5. The highest BCUT2D eigenvalue weighted by atomic mass is 79.9. The summed E-state index contributed by atoms with van der Waals surface area (Å²) in [7, 11) is 0. The average molecular weight is 331 g/mol. The van der Waals surface area contributed by atoms with E-state index in [4.69, 9.17) is 5.11 Å². The van der Waals surface area contributed by atoms with Crippen LogP contribution in [0.15, 0.2) is 50.7 Å². The SMILES string of the molecule is OCc1cc(F)c(Sc2ccccc2Br)c(F)c1. The molecule has 1 N–H and O–H groups in total. The Morgan fingerprint density at radius 3 is 2.28 bits per heavy atom. The van der Waals surface area contributed by atoms with Gasteiger partial charge in [-0.2, -0.15) is 0 Å². The van der Waals surface area contributed by atoms with Crippen molar-refractivity contribution in [2.45, 2.75) is 16.4 Å². The molecular weight excluding hydrogens is 322 g/mol. The average Bonchev–Trinajstić information content (AvgIpc) is 2.35. The van der Waals surface area contributed by atoms with Crippen molar-refractivity contribution in [3.05, 3.63) is 58.1 Å². The van der Waals surface area contributed by atoms with Gasteiger partial charge in [-0.15, -0.1) is 0 Å². The fourth-order valence-corrected chi connectivity index (χ4v) is 2.81. The predicted octanol–water partition coefficient (Wildman–Crippen LogP) is 4.37. The quantitative estimate of drug-likeness (QED) is 0.901. The second kappa shape index (κ2) is 5.82. The highest BCUT2D eigenvalue weighted by molar-refractivity contribution is 9.10. The van der Waals surface area contributed by atoms with Gasteiger partial charge < -0.3 is 5.11 Å². The Morgan fingerprint density at radius 2 is 1.72 bits per heavy atom. The summed E-state index contributed by atoms with van der Waals surface area (Å²) in [5.74, 6) is -1.33. The van der Waals surface area contributed by atoms with Gasteiger partial charge in [0.2, 0.25) is 0 Å². The minimum atomic E-state index is -0.667. The summed E-state index contributed by atoms with van der Waals surface area (Å²) in [5.41, 5.74) is 0.224. The Balaban J connectivity index is 2.38. The Morgan fingerprint density at radius 1 is 1.11 bits per heavy atom. The minimum Gasteiger partial charge on any atom is -0.392 e. The van der Waals surface area contributed by atoms with E-state index in [1.165, 1.54) is 0 Å². The molecule has 5 heteroatoms. The van der Waals surface area contributed by atoms with Crippen LogP contribution in [0.1, 0.15) is 5.56 Å². The largest absolute Gasteiger partial charge is 0.392 e. The van der Waals surface area contributed by atoms with E-state index in [1.807, 2.05) is 6.07 Å². The van der Waals surface area contributed by atoms with E-state index in [2.05, 4.69) is 15.9 Å². The van der Waals surface area contributed by atoms with E-state index in [-0.39, 0.29) is 17.1 Å². The van der Waals surface area contributed by atoms with Crippen molar-refractivity contribution in [3.8, 4) is 0 Å². The number of aliphatic hydroxyl groups is 1. The number of halogens is 3. The number of rotatable bonds is 3. The summed E-state index contributed by atoms with van der Waals surface area (Å²) in [4.78, 5) is 0.658. The lowest BCUT2D eigenvalue weighted by molar-refractivity contribution is 0.280. The lowest BCUT2D eigenvalue weighted by Crippen LogP contribution is -1.93. The molecule has 2 aromatic rings. The zero-order chi connectivity index (χ0) is 13.1. The van der Waals surface area contributed by atoms with Gasteiger partial charge in [-0.25, -0.2) is 8.78 Å². The monoisotopic (exact) mass is 330 g/mol. The number of benzene rings is 2. The van der Waals surface area contributed by atoms with E-state index >= 15 is 0 Å². The number of aliphatic hydroxyl groups excluding tert-OH is 1. The Bertz CT molecular complexity index is 552. The molecule has 0 fully saturated rings. The van der Waals surface area contributed by atoms with Crippen molar-refractivity contribution in [2.75, 3.05) is 0 Å². The first-order chi connectivity index (χ1) is 8.61. The molecule has 0 heterocycles. The van der Waals surface area contributed by atoms with Crippen LogP contribution in [-0.4, -0.2) is 5.11 Å². The van der Waals surface area contributed by atoms with Crippen LogP contribution in [-0.2, 0) is 6.61 Å². The topological polar surface area (TPSA) is 20.2 Å². The van der Waals surface area contributed by atoms with Gasteiger partial charge in [0.05, 0.1) is 11.5 Å². The van der Waals surface area contributed by atoms with Gasteiger partial charge in [0.1, 0.15) is 11.6 Å². The van der Waals surface area contributed by atoms with E-state index in [0.29, 0.717) is 0 Å². The predicted molar refractivity (Wildman–Crippen MR) is 70.5 cm³/mol. The molecule has 0 aliphatic rings. The lowest BCUT2D eigenvalue weighted by atomic mass is 10.2. The molecule has 0 atom stereocenters. The Hall–Kier alpha value is -0.910. The molecular formula is C13H9BrF2OS. The van der Waals surface area contributed by atoms with Gasteiger partial charge in [-0.05, 0) is 45.8 Å². The minimum absolute atomic E-state index is 0.0703. The first-order valence-corrected chi connectivity index (χ1v) is 6.74. The second-order valence-corrected chi connectivity index (χ2v) is 5.49. The normalized spacial score (nSPS) is 10.7. The van der Waals surface area contributed by atoms with E-state index in [1.54, 1.807) is 18.2 Å². The van der Waals surface area contributed by atoms with E-state index in [9.17, 15) is 8.78 Å². The summed E-state index contributed by atoms with van der Waals surface area (Å²) in [6.45, 7) is -0.381. The summed E-state index contributed by atoms with van der Waals surface area (Å²) < 4.78 is 28.2. The molecule has 0 spiro atoms. The molecule has 0 aliphatic carbocycles. The smallest absolute Gasteiger partial charge is 0.140 e. The number of hydrogen-bond donors (Lipinski definition) is 1. The fraction of sp³-hybridized carbons (Fsp3) is 0.0769. The van der Waals surface area contributed by atoms with Gasteiger partial charge in [0.15, 0.2) is 0 Å². The van der Waals surface area contributed by atoms with Gasteiger partial charge in [-0.3, -0.25) is 0 Å². The van der Waals surface area contributed by atoms with Gasteiger partial charge in [0.25, 0.3) is 0 Å². The summed E-state index contributed by atoms with van der Waals surface area (Å²) >= 11 is 4.33. The van der Waals surface area contributed by atoms with E-state index < -0.39 is 11.6 Å². The standard InChI is InChI=1S/C13H9BrF2OS/c14-9-3-1-2-4-12(9)18-13-10(15)5-8(7-17)6-11(13)16/h1-6,17H,7H2. The van der Waals surface area contributed by atoms with Crippen molar-refractivity contribution in [3.63, 3.8) is 0 Å². The lowest BCUT2D eigenvalue weighted by Gasteiger charge is -2.08. The Kier molecular flexibility index (Phi) is 4.37. The van der Waals surface area contributed by atoms with Crippen LogP contribution in [0, 0.1) is 11.6 Å². The summed E-state index contributed by atoms with van der Waals surface area (Å²) in [6.07, 6.45) is 0. The zero-order valence-electron chi connectivity index (χ0n) is 9.16. The van der Waals surface area contributed by atoms with Gasteiger partial charge in [-0.1, -0.05) is 23.9 Å². The first-order valence-electron chi connectivity index (χ1n) is 5.13. The molecule has 18 heavy (non-hydrogen) atoms. The van der Waals surface area contributed by atoms with Crippen LogP contribution in [0.2, 0.25) is 0 Å². The highest BCUT2D eigenvalue weighted by Gasteiger charge is 2.13. The van der Waals surface area contributed by atoms with Crippen LogP contribution < -0.4 is 0 Å². The van der Waals surface area contributed by atoms with Crippen LogP contribution in [0.4, 0.5) is 8.78 Å². The molecule has 0 amide bonds. The number of hydrogen-bond acceptors (Lipinski definition) is 2. The van der Waals surface area contributed by atoms with Crippen molar-refractivity contribution in [1.29, 1.82) is 0 Å². The van der Waals surface area contributed by atoms with Crippen LogP contribution in [0.25, 0.3) is 0 Å². The van der Waals surface area contributed by atoms with E-state index in [0.717, 1.165) is 33.3 Å². The summed E-state index contributed by atoms with van der Waals surface area (Å²) in [6, 6.07) is 9.49. The molecule has 2 aromatic carbocycles. The molecule has 0 aromatic heterocycles. The molecule has 94 valence electrons. The maximum Gasteiger partial charge on any atom is 0.140 e. The van der Waals surface area contributed by atoms with Crippen LogP contribution >= 0.6 is 27.7 Å². The molecule has 0 unspecified atom stereocenters. The maximum absolute atomic E-state index is 13.7.